The fraction of sp³-hybridized carbons (Fsp3) is 0.385. The molecule has 1 aliphatic heterocycles. The Labute approximate surface area is 118 Å². The van der Waals surface area contributed by atoms with Crippen LogP contribution in [-0.4, -0.2) is 39.4 Å². The van der Waals surface area contributed by atoms with E-state index in [-0.39, 0.29) is 23.9 Å². The molecule has 1 aromatic heterocycles. The zero-order valence-corrected chi connectivity index (χ0v) is 10.8. The lowest BCUT2D eigenvalue weighted by molar-refractivity contribution is -0.0420. The molecule has 0 amide bonds. The number of rotatable bonds is 2. The topological polar surface area (TPSA) is 60.2 Å². The Morgan fingerprint density at radius 2 is 2.05 bits per heavy atom. The van der Waals surface area contributed by atoms with Gasteiger partial charge in [-0.3, -0.25) is 0 Å². The van der Waals surface area contributed by atoms with Crippen LogP contribution in [0.5, 0.6) is 0 Å². The highest BCUT2D eigenvalue weighted by molar-refractivity contribution is 5.58. The monoisotopic (exact) mass is 299 g/mol. The molecule has 21 heavy (non-hydrogen) atoms. The van der Waals surface area contributed by atoms with Crippen LogP contribution in [0.4, 0.5) is 13.2 Å². The maximum absolute atomic E-state index is 13.7. The van der Waals surface area contributed by atoms with Gasteiger partial charge in [-0.1, -0.05) is 5.21 Å². The lowest BCUT2D eigenvalue weighted by Crippen LogP contribution is -2.34. The van der Waals surface area contributed by atoms with E-state index < -0.39 is 23.6 Å². The molecule has 2 atom stereocenters. The predicted octanol–water partition coefficient (Wildman–Crippen LogP) is 1.68. The van der Waals surface area contributed by atoms with Gasteiger partial charge in [-0.25, -0.2) is 17.9 Å². The number of aliphatic hydroxyl groups excluding tert-OH is 1. The van der Waals surface area contributed by atoms with Crippen LogP contribution in [0.1, 0.15) is 12.5 Å². The lowest BCUT2D eigenvalue weighted by Gasteiger charge is -2.27. The van der Waals surface area contributed by atoms with Gasteiger partial charge in [0.25, 0.3) is 0 Å². The summed E-state index contributed by atoms with van der Waals surface area (Å²) in [5.41, 5.74) is -0.105. The Bertz CT molecular complexity index is 662. The third-order valence-electron chi connectivity index (χ3n) is 3.45. The Morgan fingerprint density at radius 3 is 2.81 bits per heavy atom. The molecule has 1 aromatic carbocycles. The highest BCUT2D eigenvalue weighted by Crippen LogP contribution is 2.26. The molecule has 1 saturated heterocycles. The standard InChI is InChI=1S/C13H12F3N3O2/c14-8-2-1-7(12(15)13(8)16)9-5-19(18-17-9)10-3-4-21-6-11(10)20/h1-2,5,10-11,20H,3-4,6H2. The van der Waals surface area contributed by atoms with E-state index in [1.165, 1.54) is 10.9 Å². The number of nitrogens with zero attached hydrogens (tertiary/aromatic N) is 3. The zero-order valence-electron chi connectivity index (χ0n) is 10.8. The van der Waals surface area contributed by atoms with Gasteiger partial charge in [0.2, 0.25) is 0 Å². The number of halogens is 3. The molecule has 1 aliphatic rings. The van der Waals surface area contributed by atoms with E-state index >= 15 is 0 Å². The minimum Gasteiger partial charge on any atom is -0.388 e. The zero-order chi connectivity index (χ0) is 15.0. The van der Waals surface area contributed by atoms with Crippen molar-refractivity contribution in [2.45, 2.75) is 18.6 Å². The summed E-state index contributed by atoms with van der Waals surface area (Å²) >= 11 is 0. The number of ether oxygens (including phenoxy) is 1. The van der Waals surface area contributed by atoms with E-state index in [9.17, 15) is 18.3 Å². The lowest BCUT2D eigenvalue weighted by atomic mass is 10.1. The van der Waals surface area contributed by atoms with E-state index in [1.807, 2.05) is 0 Å². The SMILES string of the molecule is OC1COCCC1n1cc(-c2ccc(F)c(F)c2F)nn1. The Hall–Kier alpha value is -1.93. The molecule has 5 nitrogen and oxygen atoms in total. The third-order valence-corrected chi connectivity index (χ3v) is 3.45. The summed E-state index contributed by atoms with van der Waals surface area (Å²) in [6.45, 7) is 0.649. The van der Waals surface area contributed by atoms with Crippen LogP contribution in [0.2, 0.25) is 0 Å². The van der Waals surface area contributed by atoms with Crippen molar-refractivity contribution in [3.8, 4) is 11.3 Å². The average molecular weight is 299 g/mol. The second-order valence-electron chi connectivity index (χ2n) is 4.80. The van der Waals surface area contributed by atoms with Crippen molar-refractivity contribution in [1.82, 2.24) is 15.0 Å². The van der Waals surface area contributed by atoms with Crippen molar-refractivity contribution in [2.24, 2.45) is 0 Å². The molecule has 0 bridgehead atoms. The van der Waals surface area contributed by atoms with Crippen LogP contribution in [0.15, 0.2) is 18.3 Å². The minimum atomic E-state index is -1.55. The van der Waals surface area contributed by atoms with E-state index in [0.717, 1.165) is 12.1 Å². The molecule has 2 aromatic rings. The Balaban J connectivity index is 1.93. The molecule has 0 radical (unpaired) electrons. The fourth-order valence-corrected chi connectivity index (χ4v) is 2.31. The van der Waals surface area contributed by atoms with Gasteiger partial charge in [0.15, 0.2) is 17.5 Å². The van der Waals surface area contributed by atoms with Gasteiger partial charge < -0.3 is 9.84 Å². The van der Waals surface area contributed by atoms with Crippen LogP contribution >= 0.6 is 0 Å². The van der Waals surface area contributed by atoms with Crippen molar-refractivity contribution in [2.75, 3.05) is 13.2 Å². The van der Waals surface area contributed by atoms with Gasteiger partial charge in [-0.05, 0) is 18.6 Å². The first-order valence-corrected chi connectivity index (χ1v) is 6.39. The van der Waals surface area contributed by atoms with Crippen molar-refractivity contribution in [3.63, 3.8) is 0 Å². The number of aliphatic hydroxyl groups is 1. The first-order chi connectivity index (χ1) is 10.1. The van der Waals surface area contributed by atoms with Crippen molar-refractivity contribution in [3.05, 3.63) is 35.8 Å². The van der Waals surface area contributed by atoms with Gasteiger partial charge in [0, 0.05) is 12.2 Å². The van der Waals surface area contributed by atoms with Crippen LogP contribution < -0.4 is 0 Å². The van der Waals surface area contributed by atoms with Crippen molar-refractivity contribution < 1.29 is 23.0 Å². The minimum absolute atomic E-state index is 0.0742. The second kappa shape index (κ2) is 5.45. The first-order valence-electron chi connectivity index (χ1n) is 6.39. The first kappa shape index (κ1) is 14.0. The summed E-state index contributed by atoms with van der Waals surface area (Å²) in [4.78, 5) is 0. The van der Waals surface area contributed by atoms with Crippen molar-refractivity contribution in [1.29, 1.82) is 0 Å². The Kier molecular flexibility index (Phi) is 3.64. The van der Waals surface area contributed by atoms with Gasteiger partial charge in [-0.15, -0.1) is 5.10 Å². The quantitative estimate of drug-likeness (QED) is 0.857. The maximum atomic E-state index is 13.7. The molecule has 0 saturated carbocycles. The Morgan fingerprint density at radius 1 is 1.24 bits per heavy atom. The van der Waals surface area contributed by atoms with Crippen LogP contribution in [0.25, 0.3) is 11.3 Å². The summed E-state index contributed by atoms with van der Waals surface area (Å²) in [7, 11) is 0. The summed E-state index contributed by atoms with van der Waals surface area (Å²) in [5, 5.41) is 17.4. The second-order valence-corrected chi connectivity index (χ2v) is 4.80. The van der Waals surface area contributed by atoms with Gasteiger partial charge in [-0.2, -0.15) is 0 Å². The largest absolute Gasteiger partial charge is 0.388 e. The summed E-state index contributed by atoms with van der Waals surface area (Å²) in [6.07, 6.45) is 1.18. The van der Waals surface area contributed by atoms with Crippen LogP contribution in [0.3, 0.4) is 0 Å². The summed E-state index contributed by atoms with van der Waals surface area (Å²) in [6, 6.07) is 1.59. The van der Waals surface area contributed by atoms with Crippen LogP contribution in [-0.2, 0) is 4.74 Å². The smallest absolute Gasteiger partial charge is 0.195 e. The number of hydrogen-bond acceptors (Lipinski definition) is 4. The third kappa shape index (κ3) is 2.52. The molecule has 0 aliphatic carbocycles. The van der Waals surface area contributed by atoms with E-state index in [4.69, 9.17) is 4.74 Å². The molecule has 1 fully saturated rings. The van der Waals surface area contributed by atoms with Crippen LogP contribution in [0, 0.1) is 17.5 Å². The van der Waals surface area contributed by atoms with E-state index in [1.54, 1.807) is 0 Å². The fourth-order valence-electron chi connectivity index (χ4n) is 2.31. The highest BCUT2D eigenvalue weighted by Gasteiger charge is 2.27. The highest BCUT2D eigenvalue weighted by atomic mass is 19.2. The molecule has 0 spiro atoms. The molecule has 1 N–H and O–H groups in total. The molecule has 112 valence electrons. The molecule has 3 rings (SSSR count). The average Bonchev–Trinajstić information content (AvgIpc) is 2.95. The molecular formula is C13H12F3N3O2. The van der Waals surface area contributed by atoms with E-state index in [0.29, 0.717) is 13.0 Å². The molecular weight excluding hydrogens is 287 g/mol. The maximum Gasteiger partial charge on any atom is 0.195 e. The van der Waals surface area contributed by atoms with Gasteiger partial charge in [0.1, 0.15) is 5.69 Å². The number of aromatic nitrogens is 3. The predicted molar refractivity (Wildman–Crippen MR) is 65.8 cm³/mol. The summed E-state index contributed by atoms with van der Waals surface area (Å²) < 4.78 is 46.4. The normalized spacial score (nSPS) is 22.5. The van der Waals surface area contributed by atoms with Gasteiger partial charge in [0.05, 0.1) is 24.9 Å². The van der Waals surface area contributed by atoms with E-state index in [2.05, 4.69) is 10.3 Å². The molecule has 8 heteroatoms. The summed E-state index contributed by atoms with van der Waals surface area (Å²) in [5.74, 6) is -4.12. The van der Waals surface area contributed by atoms with Crippen molar-refractivity contribution >= 4 is 0 Å². The number of benzene rings is 1. The number of hydrogen-bond donors (Lipinski definition) is 1. The molecule has 2 heterocycles. The van der Waals surface area contributed by atoms with Gasteiger partial charge >= 0.3 is 0 Å². The molecule has 2 unspecified atom stereocenters.